The van der Waals surface area contributed by atoms with Gasteiger partial charge in [0, 0.05) is 42.2 Å². The van der Waals surface area contributed by atoms with Crippen molar-refractivity contribution in [3.05, 3.63) is 182 Å². The lowest BCUT2D eigenvalue weighted by molar-refractivity contribution is 1.09. The fraction of sp³-hybridized carbons (Fsp3) is 0. The minimum absolute atomic E-state index is 0. The molecule has 0 saturated heterocycles. The number of rotatable bonds is 6. The van der Waals surface area contributed by atoms with Crippen molar-refractivity contribution >= 4 is 41.5 Å². The van der Waals surface area contributed by atoms with Crippen molar-refractivity contribution in [2.45, 2.75) is 0 Å². The van der Waals surface area contributed by atoms with Gasteiger partial charge < -0.3 is 0 Å². The smallest absolute Gasteiger partial charge is 0.145 e. The first-order chi connectivity index (χ1) is 25.3. The Labute approximate surface area is 302 Å². The average Bonchev–Trinajstić information content (AvgIpc) is 3.91. The Morgan fingerprint density at radius 3 is 0.827 bits per heavy atom. The highest BCUT2D eigenvalue weighted by atomic mass is 15.1. The molecule has 243 valence electrons. The number of nitrogens with zero attached hydrogens (tertiary/aromatic N) is 6. The van der Waals surface area contributed by atoms with Crippen LogP contribution < -0.4 is 0 Å². The van der Waals surface area contributed by atoms with E-state index in [2.05, 4.69) is 159 Å². The molecule has 0 fully saturated rings. The second-order valence-corrected chi connectivity index (χ2v) is 12.6. The van der Waals surface area contributed by atoms with Crippen molar-refractivity contribution in [3.63, 3.8) is 0 Å². The van der Waals surface area contributed by atoms with E-state index in [1.54, 1.807) is 0 Å². The topological polar surface area (TPSA) is 53.5 Å². The molecule has 3 heterocycles. The Morgan fingerprint density at radius 1 is 0.288 bits per heavy atom. The molecule has 52 heavy (non-hydrogen) atoms. The number of aromatic nitrogens is 6. The standard InChI is InChI=1S/C45H30N6.B/c1-4-16-34(17-5-1)49-40-25-13-10-22-37(40)46-43(49)31-28-32(44-47-38-23-11-14-26-41(38)50(44)35-18-6-2-7-19-35)30-33(29-31)45-48-39-24-12-15-27-42(39)51(45)36-20-8-3-9-21-36;/h1-30H;. The van der Waals surface area contributed by atoms with E-state index in [0.29, 0.717) is 0 Å². The first-order valence-electron chi connectivity index (χ1n) is 17.1. The molecule has 7 aromatic carbocycles. The van der Waals surface area contributed by atoms with Crippen LogP contribution in [0.25, 0.3) is 84.3 Å². The second kappa shape index (κ2) is 12.7. The van der Waals surface area contributed by atoms with Crippen LogP contribution in [0.3, 0.4) is 0 Å². The molecule has 0 saturated carbocycles. The second-order valence-electron chi connectivity index (χ2n) is 12.6. The molecule has 0 amide bonds. The van der Waals surface area contributed by atoms with Crippen molar-refractivity contribution in [3.8, 4) is 51.2 Å². The molecule has 10 aromatic rings. The van der Waals surface area contributed by atoms with Crippen molar-refractivity contribution in [1.29, 1.82) is 0 Å². The van der Waals surface area contributed by atoms with Crippen LogP contribution in [0.4, 0.5) is 0 Å². The molecular weight excluding hydrogens is 635 g/mol. The lowest BCUT2D eigenvalue weighted by Gasteiger charge is -2.15. The van der Waals surface area contributed by atoms with Crippen molar-refractivity contribution in [1.82, 2.24) is 28.7 Å². The molecule has 0 bridgehead atoms. The van der Waals surface area contributed by atoms with E-state index < -0.39 is 0 Å². The van der Waals surface area contributed by atoms with Crippen LogP contribution in [0.1, 0.15) is 0 Å². The number of fused-ring (bicyclic) bond motifs is 3. The van der Waals surface area contributed by atoms with Gasteiger partial charge in [-0.25, -0.2) is 15.0 Å². The largest absolute Gasteiger partial charge is 0.292 e. The van der Waals surface area contributed by atoms with Gasteiger partial charge >= 0.3 is 0 Å². The average molecular weight is 666 g/mol. The van der Waals surface area contributed by atoms with Crippen LogP contribution in [-0.4, -0.2) is 37.1 Å². The summed E-state index contributed by atoms with van der Waals surface area (Å²) in [4.78, 5) is 15.9. The molecule has 0 aliphatic rings. The lowest BCUT2D eigenvalue weighted by Crippen LogP contribution is -2.02. The Morgan fingerprint density at radius 2 is 0.538 bits per heavy atom. The Hall–Kier alpha value is -6.99. The molecule has 3 radical (unpaired) electrons. The SMILES string of the molecule is [B].c1ccc(-n2c(-c3cc(-c4nc5ccccc5n4-c4ccccc4)cc(-c4nc5ccccc5n4-c4ccccc4)c3)nc3ccccc32)cc1. The Bertz CT molecular complexity index is 2530. The third kappa shape index (κ3) is 5.10. The number of imidazole rings is 3. The summed E-state index contributed by atoms with van der Waals surface area (Å²) in [7, 11) is 0. The number of para-hydroxylation sites is 9. The van der Waals surface area contributed by atoms with Gasteiger partial charge in [-0.2, -0.15) is 0 Å². The quantitative estimate of drug-likeness (QED) is 0.166. The molecule has 6 nitrogen and oxygen atoms in total. The van der Waals surface area contributed by atoms with Crippen LogP contribution in [0.5, 0.6) is 0 Å². The zero-order valence-corrected chi connectivity index (χ0v) is 28.1. The van der Waals surface area contributed by atoms with E-state index in [1.807, 2.05) is 36.4 Å². The summed E-state index contributed by atoms with van der Waals surface area (Å²) < 4.78 is 6.75. The van der Waals surface area contributed by atoms with E-state index in [9.17, 15) is 0 Å². The van der Waals surface area contributed by atoms with Gasteiger partial charge in [-0.15, -0.1) is 0 Å². The van der Waals surface area contributed by atoms with E-state index in [-0.39, 0.29) is 8.41 Å². The number of hydrogen-bond donors (Lipinski definition) is 0. The van der Waals surface area contributed by atoms with Crippen LogP contribution in [0.2, 0.25) is 0 Å². The van der Waals surface area contributed by atoms with Gasteiger partial charge in [-0.05, 0) is 91.0 Å². The maximum absolute atomic E-state index is 5.28. The minimum Gasteiger partial charge on any atom is -0.292 e. The summed E-state index contributed by atoms with van der Waals surface area (Å²) in [5, 5.41) is 0. The predicted octanol–water partition coefficient (Wildman–Crippen LogP) is 10.3. The Balaban J connectivity index is 0.00000360. The molecule has 0 atom stereocenters. The zero-order valence-electron chi connectivity index (χ0n) is 28.1. The first kappa shape index (κ1) is 31.0. The van der Waals surface area contributed by atoms with E-state index >= 15 is 0 Å². The summed E-state index contributed by atoms with van der Waals surface area (Å²) in [5.74, 6) is 2.53. The van der Waals surface area contributed by atoms with Gasteiger partial charge in [-0.3, -0.25) is 13.7 Å². The lowest BCUT2D eigenvalue weighted by atomic mass is 10.0. The van der Waals surface area contributed by atoms with E-state index in [0.717, 1.165) is 84.3 Å². The van der Waals surface area contributed by atoms with Crippen LogP contribution in [0.15, 0.2) is 182 Å². The molecule has 7 heteroatoms. The molecule has 0 aliphatic heterocycles. The summed E-state index contributed by atoms with van der Waals surface area (Å²) in [6.07, 6.45) is 0. The van der Waals surface area contributed by atoms with Crippen LogP contribution in [-0.2, 0) is 0 Å². The van der Waals surface area contributed by atoms with Crippen LogP contribution >= 0.6 is 0 Å². The van der Waals surface area contributed by atoms with Gasteiger partial charge in [0.25, 0.3) is 0 Å². The molecular formula is C45H30BN6. The fourth-order valence-electron chi connectivity index (χ4n) is 7.19. The molecule has 0 unspecified atom stereocenters. The van der Waals surface area contributed by atoms with Gasteiger partial charge in [0.05, 0.1) is 33.1 Å². The van der Waals surface area contributed by atoms with E-state index in [4.69, 9.17) is 15.0 Å². The number of hydrogen-bond acceptors (Lipinski definition) is 3. The highest BCUT2D eigenvalue weighted by Crippen LogP contribution is 2.38. The molecule has 0 aliphatic carbocycles. The van der Waals surface area contributed by atoms with Gasteiger partial charge in [-0.1, -0.05) is 91.0 Å². The van der Waals surface area contributed by atoms with E-state index in [1.165, 1.54) is 0 Å². The maximum Gasteiger partial charge on any atom is 0.145 e. The third-order valence-corrected chi connectivity index (χ3v) is 9.43. The molecule has 0 N–H and O–H groups in total. The zero-order chi connectivity index (χ0) is 33.7. The highest BCUT2D eigenvalue weighted by molar-refractivity contribution is 5.90. The minimum atomic E-state index is 0. The maximum atomic E-state index is 5.28. The van der Waals surface area contributed by atoms with Crippen molar-refractivity contribution in [2.75, 3.05) is 0 Å². The number of benzene rings is 7. The predicted molar refractivity (Wildman–Crippen MR) is 212 cm³/mol. The summed E-state index contributed by atoms with van der Waals surface area (Å²) >= 11 is 0. The molecule has 3 aromatic heterocycles. The van der Waals surface area contributed by atoms with Gasteiger partial charge in [0.15, 0.2) is 0 Å². The summed E-state index contributed by atoms with van der Waals surface area (Å²) in [6, 6.07) is 63.0. The van der Waals surface area contributed by atoms with Gasteiger partial charge in [0.1, 0.15) is 17.5 Å². The summed E-state index contributed by atoms with van der Waals surface area (Å²) in [5.41, 5.74) is 11.9. The van der Waals surface area contributed by atoms with Crippen molar-refractivity contribution < 1.29 is 0 Å². The van der Waals surface area contributed by atoms with Crippen LogP contribution in [0, 0.1) is 0 Å². The fourth-order valence-corrected chi connectivity index (χ4v) is 7.19. The van der Waals surface area contributed by atoms with Crippen molar-refractivity contribution in [2.24, 2.45) is 0 Å². The molecule has 0 spiro atoms. The highest BCUT2D eigenvalue weighted by Gasteiger charge is 2.22. The first-order valence-corrected chi connectivity index (χ1v) is 17.1. The normalized spacial score (nSPS) is 11.3. The monoisotopic (exact) mass is 665 g/mol. The third-order valence-electron chi connectivity index (χ3n) is 9.43. The summed E-state index contributed by atoms with van der Waals surface area (Å²) in [6.45, 7) is 0. The van der Waals surface area contributed by atoms with Gasteiger partial charge in [0.2, 0.25) is 0 Å². The Kier molecular flexibility index (Phi) is 7.59. The molecule has 10 rings (SSSR count).